The highest BCUT2D eigenvalue weighted by molar-refractivity contribution is 5.99. The molecule has 0 saturated carbocycles. The second kappa shape index (κ2) is 12.8. The lowest BCUT2D eigenvalue weighted by Crippen LogP contribution is -2.55. The molecular weight excluding hydrogens is 558 g/mol. The molecule has 6 rings (SSSR count). The van der Waals surface area contributed by atoms with Crippen LogP contribution in [0.3, 0.4) is 0 Å². The molecule has 232 valence electrons. The smallest absolute Gasteiger partial charge is 0.318 e. The first-order valence-corrected chi connectivity index (χ1v) is 15.6. The number of likely N-dealkylation sites (tertiary alicyclic amines) is 1. The summed E-state index contributed by atoms with van der Waals surface area (Å²) in [6.07, 6.45) is 8.22. The first-order chi connectivity index (χ1) is 21.4. The number of aryl methyl sites for hydroxylation is 1. The number of nitrogens with zero attached hydrogens (tertiary/aromatic N) is 9. The van der Waals surface area contributed by atoms with Crippen molar-refractivity contribution >= 4 is 29.1 Å². The number of anilines is 3. The van der Waals surface area contributed by atoms with Crippen LogP contribution in [0.4, 0.5) is 17.3 Å². The van der Waals surface area contributed by atoms with Crippen LogP contribution in [0.5, 0.6) is 6.01 Å². The third kappa shape index (κ3) is 5.80. The summed E-state index contributed by atoms with van der Waals surface area (Å²) in [5.41, 5.74) is 4.05. The Morgan fingerprint density at radius 1 is 1.07 bits per heavy atom. The topological polar surface area (TPSA) is 122 Å². The van der Waals surface area contributed by atoms with Crippen molar-refractivity contribution in [2.24, 2.45) is 0 Å². The third-order valence-corrected chi connectivity index (χ3v) is 9.55. The van der Waals surface area contributed by atoms with Gasteiger partial charge in [0.1, 0.15) is 12.4 Å². The van der Waals surface area contributed by atoms with Gasteiger partial charge in [0.25, 0.3) is 0 Å². The van der Waals surface area contributed by atoms with Crippen molar-refractivity contribution < 1.29 is 14.3 Å². The minimum absolute atomic E-state index is 0.105. The van der Waals surface area contributed by atoms with Gasteiger partial charge in [-0.15, -0.1) is 0 Å². The van der Waals surface area contributed by atoms with E-state index in [1.807, 2.05) is 19.3 Å². The first-order valence-electron chi connectivity index (χ1n) is 15.6. The maximum atomic E-state index is 12.6. The quantitative estimate of drug-likeness (QED) is 0.437. The molecule has 2 aromatic rings. The van der Waals surface area contributed by atoms with Crippen molar-refractivity contribution in [2.45, 2.75) is 57.0 Å². The van der Waals surface area contributed by atoms with Crippen molar-refractivity contribution in [3.8, 4) is 12.1 Å². The molecule has 12 heteroatoms. The number of carbonyl (C=O) groups is 2. The number of fused-ring (bicyclic) bond motifs is 2. The van der Waals surface area contributed by atoms with E-state index < -0.39 is 0 Å². The Balaban J connectivity index is 1.31. The van der Waals surface area contributed by atoms with E-state index in [0.29, 0.717) is 70.6 Å². The van der Waals surface area contributed by atoms with Gasteiger partial charge in [-0.2, -0.15) is 15.2 Å². The van der Waals surface area contributed by atoms with Crippen molar-refractivity contribution in [2.75, 3.05) is 74.7 Å². The monoisotopic (exact) mass is 599 g/mol. The van der Waals surface area contributed by atoms with E-state index in [0.717, 1.165) is 60.0 Å². The molecule has 4 aliphatic rings. The van der Waals surface area contributed by atoms with Gasteiger partial charge in [0.2, 0.25) is 11.8 Å². The highest BCUT2D eigenvalue weighted by Gasteiger charge is 2.34. The third-order valence-electron chi connectivity index (χ3n) is 9.55. The largest absolute Gasteiger partial charge is 0.462 e. The summed E-state index contributed by atoms with van der Waals surface area (Å²) in [6, 6.07) is 4.70. The lowest BCUT2D eigenvalue weighted by atomic mass is 10.0. The number of likely N-dealkylation sites (N-methyl/N-ethyl adjacent to an activating group) is 1. The molecule has 0 unspecified atom stereocenters. The van der Waals surface area contributed by atoms with Gasteiger partial charge in [0, 0.05) is 70.4 Å². The van der Waals surface area contributed by atoms with Gasteiger partial charge in [0.05, 0.1) is 29.9 Å². The van der Waals surface area contributed by atoms with Crippen molar-refractivity contribution in [1.82, 2.24) is 24.8 Å². The van der Waals surface area contributed by atoms with E-state index in [9.17, 15) is 14.9 Å². The Bertz CT molecular complexity index is 1470. The SMILES string of the molecule is C=CC(=O)N1CCN(c2nc(OC[C@@H]3CCCN3C)nc3c2CCN(c2nccc4c2N(C)C(=O)CC4)CC3)C[C@@H]1CC#N. The van der Waals surface area contributed by atoms with E-state index in [-0.39, 0.29) is 24.3 Å². The molecular formula is C32H41N9O3. The number of rotatable bonds is 7. The Kier molecular flexibility index (Phi) is 8.66. The van der Waals surface area contributed by atoms with Gasteiger partial charge in [0.15, 0.2) is 5.82 Å². The van der Waals surface area contributed by atoms with E-state index >= 15 is 0 Å². The molecule has 2 saturated heterocycles. The number of carbonyl (C=O) groups excluding carboxylic acids is 2. The van der Waals surface area contributed by atoms with Gasteiger partial charge in [-0.25, -0.2) is 4.98 Å². The Morgan fingerprint density at radius 3 is 2.68 bits per heavy atom. The fourth-order valence-corrected chi connectivity index (χ4v) is 7.01. The van der Waals surface area contributed by atoms with Crippen LogP contribution in [0.2, 0.25) is 0 Å². The zero-order chi connectivity index (χ0) is 30.8. The number of hydrogen-bond acceptors (Lipinski definition) is 10. The molecule has 6 heterocycles. The molecule has 2 amide bonds. The summed E-state index contributed by atoms with van der Waals surface area (Å²) in [7, 11) is 3.96. The number of aromatic nitrogens is 3. The van der Waals surface area contributed by atoms with Crippen molar-refractivity contribution in [3.63, 3.8) is 0 Å². The van der Waals surface area contributed by atoms with E-state index in [2.05, 4.69) is 34.4 Å². The molecule has 2 aromatic heterocycles. The number of piperazine rings is 1. The van der Waals surface area contributed by atoms with Crippen LogP contribution < -0.4 is 19.4 Å². The predicted octanol–water partition coefficient (Wildman–Crippen LogP) is 1.98. The molecule has 0 aliphatic carbocycles. The molecule has 2 atom stereocenters. The average Bonchev–Trinajstić information content (AvgIpc) is 3.33. The highest BCUT2D eigenvalue weighted by atomic mass is 16.5. The summed E-state index contributed by atoms with van der Waals surface area (Å²) < 4.78 is 6.27. The minimum Gasteiger partial charge on any atom is -0.462 e. The number of ether oxygens (including phenoxy) is 1. The van der Waals surface area contributed by atoms with Gasteiger partial charge < -0.3 is 29.2 Å². The molecule has 0 radical (unpaired) electrons. The minimum atomic E-state index is -0.267. The number of hydrogen-bond donors (Lipinski definition) is 0. The Morgan fingerprint density at radius 2 is 1.91 bits per heavy atom. The Hall–Kier alpha value is -4.24. The van der Waals surface area contributed by atoms with Crippen LogP contribution in [0, 0.1) is 11.3 Å². The van der Waals surface area contributed by atoms with Gasteiger partial charge in [-0.05, 0) is 57.0 Å². The normalized spacial score (nSPS) is 22.2. The first kappa shape index (κ1) is 29.8. The number of amides is 2. The summed E-state index contributed by atoms with van der Waals surface area (Å²) in [4.78, 5) is 50.1. The number of pyridine rings is 1. The standard InChI is InChI=1S/C32H41N9O3/c1-4-27(42)41-19-18-40(20-23(41)9-13-33)30-25-11-16-39(31-29-22(10-14-34-31)7-8-28(43)38(29)3)17-12-26(25)35-32(36-30)44-21-24-6-5-15-37(24)2/h4,10,14,23-24H,1,5-9,11-12,15-21H2,2-3H3/t23-,24-/m0/s1. The van der Waals surface area contributed by atoms with Crippen LogP contribution in [0.25, 0.3) is 0 Å². The second-order valence-electron chi connectivity index (χ2n) is 12.1. The zero-order valence-corrected chi connectivity index (χ0v) is 25.7. The summed E-state index contributed by atoms with van der Waals surface area (Å²) in [5.74, 6) is 1.59. The molecule has 12 nitrogen and oxygen atoms in total. The zero-order valence-electron chi connectivity index (χ0n) is 25.7. The van der Waals surface area contributed by atoms with E-state index in [4.69, 9.17) is 19.7 Å². The van der Waals surface area contributed by atoms with Crippen molar-refractivity contribution in [3.05, 3.63) is 41.7 Å². The fourth-order valence-electron chi connectivity index (χ4n) is 7.01. The van der Waals surface area contributed by atoms with Gasteiger partial charge in [-0.3, -0.25) is 9.59 Å². The molecule has 0 bridgehead atoms. The van der Waals surface area contributed by atoms with Crippen LogP contribution >= 0.6 is 0 Å². The fraction of sp³-hybridized carbons (Fsp3) is 0.562. The lowest BCUT2D eigenvalue weighted by Gasteiger charge is -2.41. The van der Waals surface area contributed by atoms with Crippen LogP contribution in [0.15, 0.2) is 24.9 Å². The second-order valence-corrected chi connectivity index (χ2v) is 12.1. The summed E-state index contributed by atoms with van der Waals surface area (Å²) >= 11 is 0. The number of nitriles is 1. The molecule has 44 heavy (non-hydrogen) atoms. The van der Waals surface area contributed by atoms with E-state index in [1.54, 1.807) is 9.80 Å². The Labute approximate surface area is 258 Å². The predicted molar refractivity (Wildman–Crippen MR) is 167 cm³/mol. The molecule has 2 fully saturated rings. The van der Waals surface area contributed by atoms with Gasteiger partial charge in [-0.1, -0.05) is 6.58 Å². The molecule has 0 spiro atoms. The highest BCUT2D eigenvalue weighted by Crippen LogP contribution is 2.37. The molecule has 4 aliphatic heterocycles. The van der Waals surface area contributed by atoms with E-state index in [1.165, 1.54) is 6.08 Å². The van der Waals surface area contributed by atoms with Crippen molar-refractivity contribution in [1.29, 1.82) is 5.26 Å². The lowest BCUT2D eigenvalue weighted by molar-refractivity contribution is -0.128. The van der Waals surface area contributed by atoms with Gasteiger partial charge >= 0.3 is 6.01 Å². The van der Waals surface area contributed by atoms with Crippen LogP contribution in [-0.4, -0.2) is 109 Å². The molecule has 0 aromatic carbocycles. The summed E-state index contributed by atoms with van der Waals surface area (Å²) in [5, 5.41) is 9.56. The maximum absolute atomic E-state index is 12.6. The summed E-state index contributed by atoms with van der Waals surface area (Å²) in [6.45, 7) is 8.18. The maximum Gasteiger partial charge on any atom is 0.318 e. The average molecular weight is 600 g/mol. The van der Waals surface area contributed by atoms with Crippen LogP contribution in [0.1, 0.15) is 42.5 Å². The van der Waals surface area contributed by atoms with Crippen LogP contribution in [-0.2, 0) is 28.9 Å². The molecule has 0 N–H and O–H groups in total.